The molecule has 0 bridgehead atoms. The van der Waals surface area contributed by atoms with E-state index in [0.717, 1.165) is 25.8 Å². The van der Waals surface area contributed by atoms with Gasteiger partial charge < -0.3 is 4.90 Å². The molecule has 1 aliphatic rings. The second kappa shape index (κ2) is 6.69. The first-order valence-electron chi connectivity index (χ1n) is 7.46. The number of carbonyl (C=O) groups is 2. The topological polar surface area (TPSA) is 80.1 Å². The molecule has 2 heterocycles. The SMILES string of the molecule is CCC(C)C(=O)N1CCCC(C(=O)Nc2ncnn2C)C1. The van der Waals surface area contributed by atoms with Gasteiger partial charge in [0.1, 0.15) is 6.33 Å². The van der Waals surface area contributed by atoms with Gasteiger partial charge in [0.25, 0.3) is 0 Å². The summed E-state index contributed by atoms with van der Waals surface area (Å²) in [7, 11) is 1.72. The summed E-state index contributed by atoms with van der Waals surface area (Å²) in [5, 5.41) is 6.69. The molecule has 1 fully saturated rings. The monoisotopic (exact) mass is 293 g/mol. The number of piperidine rings is 1. The van der Waals surface area contributed by atoms with Gasteiger partial charge in [-0.25, -0.2) is 4.68 Å². The second-order valence-electron chi connectivity index (χ2n) is 5.63. The Morgan fingerprint density at radius 3 is 2.90 bits per heavy atom. The molecule has 1 aliphatic heterocycles. The summed E-state index contributed by atoms with van der Waals surface area (Å²) in [6, 6.07) is 0. The first-order valence-corrected chi connectivity index (χ1v) is 7.46. The highest BCUT2D eigenvalue weighted by Crippen LogP contribution is 2.20. The van der Waals surface area contributed by atoms with Crippen LogP contribution < -0.4 is 5.32 Å². The van der Waals surface area contributed by atoms with E-state index in [0.29, 0.717) is 12.5 Å². The van der Waals surface area contributed by atoms with Crippen LogP contribution in [0.3, 0.4) is 0 Å². The highest BCUT2D eigenvalue weighted by molar-refractivity contribution is 5.91. The van der Waals surface area contributed by atoms with Crippen molar-refractivity contribution in [2.75, 3.05) is 18.4 Å². The number of aryl methyl sites for hydroxylation is 1. The number of hydrogen-bond donors (Lipinski definition) is 1. The molecule has 1 aromatic rings. The van der Waals surface area contributed by atoms with Gasteiger partial charge in [0.15, 0.2) is 0 Å². The molecule has 2 rings (SSSR count). The largest absolute Gasteiger partial charge is 0.342 e. The van der Waals surface area contributed by atoms with Crippen molar-refractivity contribution in [3.63, 3.8) is 0 Å². The molecule has 21 heavy (non-hydrogen) atoms. The lowest BCUT2D eigenvalue weighted by Gasteiger charge is -2.33. The molecule has 7 heteroatoms. The average molecular weight is 293 g/mol. The predicted octanol–water partition coefficient (Wildman–Crippen LogP) is 1.04. The fraction of sp³-hybridized carbons (Fsp3) is 0.714. The number of nitrogens with zero attached hydrogens (tertiary/aromatic N) is 4. The summed E-state index contributed by atoms with van der Waals surface area (Å²) in [6.45, 7) is 5.18. The van der Waals surface area contributed by atoms with E-state index in [1.807, 2.05) is 18.7 Å². The van der Waals surface area contributed by atoms with E-state index >= 15 is 0 Å². The zero-order chi connectivity index (χ0) is 15.4. The zero-order valence-electron chi connectivity index (χ0n) is 12.9. The molecule has 0 spiro atoms. The molecule has 116 valence electrons. The summed E-state index contributed by atoms with van der Waals surface area (Å²) in [6.07, 6.45) is 3.88. The predicted molar refractivity (Wildman–Crippen MR) is 78.4 cm³/mol. The van der Waals surface area contributed by atoms with Gasteiger partial charge in [-0.05, 0) is 19.3 Å². The average Bonchev–Trinajstić information content (AvgIpc) is 2.91. The Hall–Kier alpha value is -1.92. The molecule has 7 nitrogen and oxygen atoms in total. The molecule has 2 unspecified atom stereocenters. The normalized spacial score (nSPS) is 20.1. The summed E-state index contributed by atoms with van der Waals surface area (Å²) < 4.78 is 1.52. The Bertz CT molecular complexity index is 513. The molecule has 0 saturated carbocycles. The van der Waals surface area contributed by atoms with Crippen molar-refractivity contribution in [2.24, 2.45) is 18.9 Å². The van der Waals surface area contributed by atoms with Crippen LogP contribution in [0.4, 0.5) is 5.95 Å². The molecular formula is C14H23N5O2. The summed E-state index contributed by atoms with van der Waals surface area (Å²) in [5.41, 5.74) is 0. The Kier molecular flexibility index (Phi) is 4.93. The number of hydrogen-bond acceptors (Lipinski definition) is 4. The summed E-state index contributed by atoms with van der Waals surface area (Å²) in [4.78, 5) is 30.3. The fourth-order valence-corrected chi connectivity index (χ4v) is 2.50. The van der Waals surface area contributed by atoms with E-state index in [4.69, 9.17) is 0 Å². The Balaban J connectivity index is 1.96. The van der Waals surface area contributed by atoms with Crippen LogP contribution in [0.1, 0.15) is 33.1 Å². The van der Waals surface area contributed by atoms with Gasteiger partial charge in [-0.15, -0.1) is 0 Å². The molecule has 2 amide bonds. The maximum absolute atomic E-state index is 12.3. The Morgan fingerprint density at radius 2 is 2.29 bits per heavy atom. The second-order valence-corrected chi connectivity index (χ2v) is 5.63. The van der Waals surface area contributed by atoms with Crippen LogP contribution in [0.15, 0.2) is 6.33 Å². The van der Waals surface area contributed by atoms with Gasteiger partial charge in [-0.3, -0.25) is 14.9 Å². The third-order valence-electron chi connectivity index (χ3n) is 4.08. The van der Waals surface area contributed by atoms with Gasteiger partial charge in [0.05, 0.1) is 5.92 Å². The lowest BCUT2D eigenvalue weighted by molar-refractivity contribution is -0.138. The fourth-order valence-electron chi connectivity index (χ4n) is 2.50. The van der Waals surface area contributed by atoms with E-state index in [9.17, 15) is 9.59 Å². The number of carbonyl (C=O) groups excluding carboxylic acids is 2. The smallest absolute Gasteiger partial charge is 0.231 e. The number of likely N-dealkylation sites (tertiary alicyclic amines) is 1. The van der Waals surface area contributed by atoms with Crippen molar-refractivity contribution in [1.29, 1.82) is 0 Å². The van der Waals surface area contributed by atoms with Crippen LogP contribution in [0.5, 0.6) is 0 Å². The molecule has 0 aromatic carbocycles. The van der Waals surface area contributed by atoms with Crippen LogP contribution in [0.25, 0.3) is 0 Å². The molecule has 2 atom stereocenters. The van der Waals surface area contributed by atoms with Crippen molar-refractivity contribution in [3.05, 3.63) is 6.33 Å². The number of nitrogens with one attached hydrogen (secondary N) is 1. The highest BCUT2D eigenvalue weighted by Gasteiger charge is 2.30. The molecule has 0 aliphatic carbocycles. The summed E-state index contributed by atoms with van der Waals surface area (Å²) in [5.74, 6) is 0.334. The Labute approximate surface area is 124 Å². The number of amides is 2. The zero-order valence-corrected chi connectivity index (χ0v) is 12.9. The molecular weight excluding hydrogens is 270 g/mol. The van der Waals surface area contributed by atoms with Crippen molar-refractivity contribution in [2.45, 2.75) is 33.1 Å². The van der Waals surface area contributed by atoms with E-state index in [-0.39, 0.29) is 23.7 Å². The standard InChI is InChI=1S/C14H23N5O2/c1-4-10(2)13(21)19-7-5-6-11(8-19)12(20)17-14-15-9-16-18(14)3/h9-11H,4-8H2,1-3H3,(H,15,16,17,20). The van der Waals surface area contributed by atoms with Crippen molar-refractivity contribution in [1.82, 2.24) is 19.7 Å². The van der Waals surface area contributed by atoms with Gasteiger partial charge in [0, 0.05) is 26.1 Å². The van der Waals surface area contributed by atoms with E-state index in [2.05, 4.69) is 15.4 Å². The molecule has 0 radical (unpaired) electrons. The molecule has 1 saturated heterocycles. The Morgan fingerprint density at radius 1 is 1.52 bits per heavy atom. The summed E-state index contributed by atoms with van der Waals surface area (Å²) >= 11 is 0. The van der Waals surface area contributed by atoms with E-state index in [1.54, 1.807) is 7.05 Å². The van der Waals surface area contributed by atoms with E-state index in [1.165, 1.54) is 11.0 Å². The maximum atomic E-state index is 12.3. The minimum atomic E-state index is -0.177. The quantitative estimate of drug-likeness (QED) is 0.899. The molecule has 1 aromatic heterocycles. The first kappa shape index (κ1) is 15.5. The van der Waals surface area contributed by atoms with Crippen LogP contribution in [0.2, 0.25) is 0 Å². The molecule has 1 N–H and O–H groups in total. The van der Waals surface area contributed by atoms with Crippen LogP contribution in [-0.2, 0) is 16.6 Å². The van der Waals surface area contributed by atoms with Gasteiger partial charge in [-0.2, -0.15) is 10.1 Å². The van der Waals surface area contributed by atoms with Crippen molar-refractivity contribution >= 4 is 17.8 Å². The number of aromatic nitrogens is 3. The van der Waals surface area contributed by atoms with Crippen LogP contribution >= 0.6 is 0 Å². The lowest BCUT2D eigenvalue weighted by atomic mass is 9.95. The maximum Gasteiger partial charge on any atom is 0.231 e. The third-order valence-corrected chi connectivity index (χ3v) is 4.08. The number of rotatable bonds is 4. The van der Waals surface area contributed by atoms with Crippen molar-refractivity contribution in [3.8, 4) is 0 Å². The first-order chi connectivity index (χ1) is 10.0. The minimum absolute atomic E-state index is 0.0190. The third kappa shape index (κ3) is 3.59. The minimum Gasteiger partial charge on any atom is -0.342 e. The van der Waals surface area contributed by atoms with Crippen molar-refractivity contribution < 1.29 is 9.59 Å². The van der Waals surface area contributed by atoms with Gasteiger partial charge in [0.2, 0.25) is 17.8 Å². The van der Waals surface area contributed by atoms with Crippen LogP contribution in [0, 0.1) is 11.8 Å². The highest BCUT2D eigenvalue weighted by atomic mass is 16.2. The lowest BCUT2D eigenvalue weighted by Crippen LogP contribution is -2.45. The van der Waals surface area contributed by atoms with E-state index < -0.39 is 0 Å². The van der Waals surface area contributed by atoms with Crippen LogP contribution in [-0.4, -0.2) is 44.6 Å². The van der Waals surface area contributed by atoms with Gasteiger partial charge in [-0.1, -0.05) is 13.8 Å². The van der Waals surface area contributed by atoms with Gasteiger partial charge >= 0.3 is 0 Å². The number of anilines is 1.